The summed E-state index contributed by atoms with van der Waals surface area (Å²) >= 11 is 3.35. The molecule has 0 radical (unpaired) electrons. The van der Waals surface area contributed by atoms with Gasteiger partial charge in [0.05, 0.1) is 6.54 Å². The van der Waals surface area contributed by atoms with E-state index < -0.39 is 0 Å². The van der Waals surface area contributed by atoms with Gasteiger partial charge in [-0.1, -0.05) is 12.1 Å². The minimum absolute atomic E-state index is 0.557. The second kappa shape index (κ2) is 5.18. The van der Waals surface area contributed by atoms with E-state index in [1.54, 1.807) is 12.4 Å². The van der Waals surface area contributed by atoms with Crippen molar-refractivity contribution < 1.29 is 4.52 Å². The number of hydrogen-bond acceptors (Lipinski definition) is 5. The van der Waals surface area contributed by atoms with Crippen LogP contribution in [0.5, 0.6) is 0 Å². The summed E-state index contributed by atoms with van der Waals surface area (Å²) in [4.78, 5) is 8.31. The molecule has 2 aromatic heterocycles. The number of nitrogens with zero attached hydrogens (tertiary/aromatic N) is 3. The van der Waals surface area contributed by atoms with Crippen molar-refractivity contribution >= 4 is 15.9 Å². The highest BCUT2D eigenvalue weighted by molar-refractivity contribution is 9.10. The van der Waals surface area contributed by atoms with Crippen molar-refractivity contribution in [1.29, 1.82) is 0 Å². The lowest BCUT2D eigenvalue weighted by Gasteiger charge is -1.94. The van der Waals surface area contributed by atoms with Crippen molar-refractivity contribution in [3.05, 3.63) is 28.8 Å². The molecule has 0 fully saturated rings. The summed E-state index contributed by atoms with van der Waals surface area (Å²) in [7, 11) is 0. The zero-order chi connectivity index (χ0) is 11.4. The number of rotatable bonds is 4. The Bertz CT molecular complexity index is 471. The molecular weight excluding hydrogens is 272 g/mol. The van der Waals surface area contributed by atoms with Crippen LogP contribution in [0, 0.1) is 0 Å². The van der Waals surface area contributed by atoms with Crippen molar-refractivity contribution in [2.75, 3.05) is 6.54 Å². The summed E-state index contributed by atoms with van der Waals surface area (Å²) in [6.45, 7) is 3.48. The Morgan fingerprint density at radius 3 is 3.06 bits per heavy atom. The Kier molecular flexibility index (Phi) is 3.63. The van der Waals surface area contributed by atoms with Crippen LogP contribution in [0.15, 0.2) is 27.5 Å². The Balaban J connectivity index is 2.18. The maximum Gasteiger partial charge on any atom is 0.240 e. The first-order chi connectivity index (χ1) is 7.79. The molecule has 1 N–H and O–H groups in total. The molecule has 0 bridgehead atoms. The van der Waals surface area contributed by atoms with Gasteiger partial charge < -0.3 is 9.84 Å². The average Bonchev–Trinajstić information content (AvgIpc) is 2.75. The molecule has 0 saturated heterocycles. The Morgan fingerprint density at radius 2 is 2.31 bits per heavy atom. The molecule has 0 saturated carbocycles. The lowest BCUT2D eigenvalue weighted by atomic mass is 10.3. The first-order valence-electron chi connectivity index (χ1n) is 4.94. The highest BCUT2D eigenvalue weighted by Gasteiger charge is 2.08. The molecule has 0 unspecified atom stereocenters. The lowest BCUT2D eigenvalue weighted by molar-refractivity contribution is 0.369. The van der Waals surface area contributed by atoms with Gasteiger partial charge in [-0.25, -0.2) is 0 Å². The van der Waals surface area contributed by atoms with E-state index in [2.05, 4.69) is 36.4 Å². The Hall–Kier alpha value is -1.27. The van der Waals surface area contributed by atoms with E-state index in [0.29, 0.717) is 18.3 Å². The first-order valence-corrected chi connectivity index (χ1v) is 5.73. The smallest absolute Gasteiger partial charge is 0.240 e. The first kappa shape index (κ1) is 11.2. The number of pyridine rings is 1. The molecule has 2 rings (SSSR count). The van der Waals surface area contributed by atoms with Gasteiger partial charge in [0.1, 0.15) is 0 Å². The predicted octanol–water partition coefficient (Wildman–Crippen LogP) is 2.00. The molecule has 0 aliphatic carbocycles. The molecule has 6 heteroatoms. The topological polar surface area (TPSA) is 63.8 Å². The number of nitrogens with one attached hydrogen (secondary N) is 1. The molecule has 2 heterocycles. The molecule has 5 nitrogen and oxygen atoms in total. The standard InChI is InChI=1S/C10H11BrN4O/c1-2-12-6-9-14-10(15-16-9)7-3-8(11)5-13-4-7/h3-5,12H,2,6H2,1H3. The average molecular weight is 283 g/mol. The number of aromatic nitrogens is 3. The SMILES string of the molecule is CCNCc1nc(-c2cncc(Br)c2)no1. The predicted molar refractivity (Wildman–Crippen MR) is 62.6 cm³/mol. The number of hydrogen-bond donors (Lipinski definition) is 1. The molecular formula is C10H11BrN4O. The van der Waals surface area contributed by atoms with E-state index in [1.165, 1.54) is 0 Å². The Labute approximate surface area is 101 Å². The van der Waals surface area contributed by atoms with Gasteiger partial charge >= 0.3 is 0 Å². The Morgan fingerprint density at radius 1 is 1.44 bits per heavy atom. The van der Waals surface area contributed by atoms with Crippen molar-refractivity contribution in [3.8, 4) is 11.4 Å². The highest BCUT2D eigenvalue weighted by atomic mass is 79.9. The molecule has 16 heavy (non-hydrogen) atoms. The summed E-state index contributed by atoms with van der Waals surface area (Å²) in [6, 6.07) is 1.90. The second-order valence-corrected chi connectivity index (χ2v) is 4.10. The molecule has 0 spiro atoms. The van der Waals surface area contributed by atoms with Crippen LogP contribution in [0.2, 0.25) is 0 Å². The van der Waals surface area contributed by atoms with Crippen LogP contribution in [0.25, 0.3) is 11.4 Å². The molecule has 0 aromatic carbocycles. The third kappa shape index (κ3) is 2.65. The van der Waals surface area contributed by atoms with E-state index in [0.717, 1.165) is 16.6 Å². The summed E-state index contributed by atoms with van der Waals surface area (Å²) in [5, 5.41) is 7.01. The molecule has 84 valence electrons. The third-order valence-corrected chi connectivity index (χ3v) is 2.39. The monoisotopic (exact) mass is 282 g/mol. The van der Waals surface area contributed by atoms with Gasteiger partial charge in [-0.3, -0.25) is 4.98 Å². The van der Waals surface area contributed by atoms with Crippen LogP contribution in [0.4, 0.5) is 0 Å². The van der Waals surface area contributed by atoms with Crippen molar-refractivity contribution in [1.82, 2.24) is 20.4 Å². The zero-order valence-corrected chi connectivity index (χ0v) is 10.4. The van der Waals surface area contributed by atoms with Crippen LogP contribution < -0.4 is 5.32 Å². The molecule has 0 aliphatic heterocycles. The van der Waals surface area contributed by atoms with E-state index in [-0.39, 0.29) is 0 Å². The number of halogens is 1. The van der Waals surface area contributed by atoms with Gasteiger partial charge in [-0.2, -0.15) is 4.98 Å². The lowest BCUT2D eigenvalue weighted by Crippen LogP contribution is -2.11. The van der Waals surface area contributed by atoms with E-state index in [4.69, 9.17) is 4.52 Å². The summed E-state index contributed by atoms with van der Waals surface area (Å²) in [5.74, 6) is 1.14. The largest absolute Gasteiger partial charge is 0.338 e. The molecule has 2 aromatic rings. The summed E-state index contributed by atoms with van der Waals surface area (Å²) < 4.78 is 5.99. The fourth-order valence-corrected chi connectivity index (χ4v) is 1.57. The minimum atomic E-state index is 0.557. The fraction of sp³-hybridized carbons (Fsp3) is 0.300. The van der Waals surface area contributed by atoms with Gasteiger partial charge in [0.2, 0.25) is 11.7 Å². The normalized spacial score (nSPS) is 10.6. The van der Waals surface area contributed by atoms with Crippen molar-refractivity contribution in [3.63, 3.8) is 0 Å². The fourth-order valence-electron chi connectivity index (χ4n) is 1.21. The van der Waals surface area contributed by atoms with Crippen LogP contribution in [-0.2, 0) is 6.54 Å². The highest BCUT2D eigenvalue weighted by Crippen LogP contribution is 2.18. The maximum atomic E-state index is 5.09. The quantitative estimate of drug-likeness (QED) is 0.929. The second-order valence-electron chi connectivity index (χ2n) is 3.18. The van der Waals surface area contributed by atoms with Gasteiger partial charge in [0.15, 0.2) is 0 Å². The van der Waals surface area contributed by atoms with Gasteiger partial charge in [-0.15, -0.1) is 0 Å². The molecule has 0 amide bonds. The van der Waals surface area contributed by atoms with E-state index in [1.807, 2.05) is 13.0 Å². The van der Waals surface area contributed by atoms with Gasteiger partial charge in [-0.05, 0) is 28.5 Å². The third-order valence-electron chi connectivity index (χ3n) is 1.96. The summed E-state index contributed by atoms with van der Waals surface area (Å²) in [6.07, 6.45) is 3.41. The molecule has 0 aliphatic rings. The van der Waals surface area contributed by atoms with Gasteiger partial charge in [0, 0.05) is 22.4 Å². The van der Waals surface area contributed by atoms with Crippen molar-refractivity contribution in [2.24, 2.45) is 0 Å². The van der Waals surface area contributed by atoms with Gasteiger partial charge in [0.25, 0.3) is 0 Å². The van der Waals surface area contributed by atoms with Crippen LogP contribution in [0.3, 0.4) is 0 Å². The van der Waals surface area contributed by atoms with Crippen molar-refractivity contribution in [2.45, 2.75) is 13.5 Å². The van der Waals surface area contributed by atoms with Crippen LogP contribution in [-0.4, -0.2) is 21.7 Å². The van der Waals surface area contributed by atoms with Crippen LogP contribution in [0.1, 0.15) is 12.8 Å². The van der Waals surface area contributed by atoms with E-state index >= 15 is 0 Å². The van der Waals surface area contributed by atoms with Crippen LogP contribution >= 0.6 is 15.9 Å². The minimum Gasteiger partial charge on any atom is -0.338 e. The molecule has 0 atom stereocenters. The summed E-state index contributed by atoms with van der Waals surface area (Å²) in [5.41, 5.74) is 0.834. The maximum absolute atomic E-state index is 5.09. The zero-order valence-electron chi connectivity index (χ0n) is 8.77. The van der Waals surface area contributed by atoms with E-state index in [9.17, 15) is 0 Å².